The van der Waals surface area contributed by atoms with E-state index in [2.05, 4.69) is 4.98 Å². The molecule has 0 saturated carbocycles. The summed E-state index contributed by atoms with van der Waals surface area (Å²) in [6.45, 7) is 0. The molecular weight excluding hydrogens is 233 g/mol. The molecule has 1 unspecified atom stereocenters. The highest BCUT2D eigenvalue weighted by Gasteiger charge is 2.28. The molecule has 1 aromatic carbocycles. The number of aryl methyl sites for hydroxylation is 1. The fourth-order valence-electron chi connectivity index (χ4n) is 2.33. The van der Waals surface area contributed by atoms with E-state index in [1.807, 2.05) is 11.6 Å². The molecule has 1 aromatic heterocycles. The summed E-state index contributed by atoms with van der Waals surface area (Å²) in [6, 6.07) is 4.34. The molecule has 1 aliphatic rings. The zero-order valence-corrected chi connectivity index (χ0v) is 10.0. The van der Waals surface area contributed by atoms with Gasteiger partial charge >= 0.3 is 0 Å². The summed E-state index contributed by atoms with van der Waals surface area (Å²) in [5, 5.41) is 0. The lowest BCUT2D eigenvalue weighted by Gasteiger charge is -2.30. The Hall–Kier alpha value is -1.88. The molecule has 0 amide bonds. The van der Waals surface area contributed by atoms with Crippen molar-refractivity contribution in [3.05, 3.63) is 47.8 Å². The zero-order valence-electron chi connectivity index (χ0n) is 10.0. The average molecular weight is 247 g/mol. The second-order valence-electron chi connectivity index (χ2n) is 4.56. The number of halogens is 1. The predicted molar refractivity (Wildman–Crippen MR) is 64.5 cm³/mol. The van der Waals surface area contributed by atoms with Gasteiger partial charge in [-0.2, -0.15) is 0 Å². The molecule has 3 rings (SSSR count). The van der Waals surface area contributed by atoms with E-state index in [4.69, 9.17) is 10.5 Å². The maximum absolute atomic E-state index is 13.2. The number of nitrogens with two attached hydrogens (primary N) is 1. The van der Waals surface area contributed by atoms with Gasteiger partial charge in [-0.3, -0.25) is 0 Å². The van der Waals surface area contributed by atoms with Crippen LogP contribution >= 0.6 is 0 Å². The van der Waals surface area contributed by atoms with Crippen LogP contribution in [0.2, 0.25) is 0 Å². The molecular formula is C13H14FN3O. The third-order valence-corrected chi connectivity index (χ3v) is 3.30. The third-order valence-electron chi connectivity index (χ3n) is 3.30. The highest BCUT2D eigenvalue weighted by molar-refractivity contribution is 5.39. The fraction of sp³-hybridized carbons (Fsp3) is 0.308. The first-order chi connectivity index (χ1) is 8.65. The van der Waals surface area contributed by atoms with Crippen LogP contribution in [0, 0.1) is 5.82 Å². The maximum atomic E-state index is 13.2. The molecule has 94 valence electrons. The van der Waals surface area contributed by atoms with Gasteiger partial charge in [-0.1, -0.05) is 6.07 Å². The molecule has 0 fully saturated rings. The summed E-state index contributed by atoms with van der Waals surface area (Å²) >= 11 is 0. The molecule has 0 spiro atoms. The van der Waals surface area contributed by atoms with Crippen LogP contribution in [0.1, 0.15) is 29.8 Å². The molecule has 2 heterocycles. The predicted octanol–water partition coefficient (Wildman–Crippen LogP) is 2.08. The number of rotatable bonds is 1. The highest BCUT2D eigenvalue weighted by atomic mass is 19.1. The van der Waals surface area contributed by atoms with Gasteiger partial charge in [0.25, 0.3) is 0 Å². The molecule has 4 nitrogen and oxygen atoms in total. The third kappa shape index (κ3) is 1.76. The van der Waals surface area contributed by atoms with Crippen molar-refractivity contribution in [3.8, 4) is 5.75 Å². The van der Waals surface area contributed by atoms with Crippen LogP contribution in [-0.4, -0.2) is 9.55 Å². The first-order valence-electron chi connectivity index (χ1n) is 5.83. The molecule has 18 heavy (non-hydrogen) atoms. The number of nitrogens with zero attached hydrogens (tertiary/aromatic N) is 2. The van der Waals surface area contributed by atoms with Gasteiger partial charge in [0.05, 0.1) is 18.2 Å². The van der Waals surface area contributed by atoms with Crippen LogP contribution in [0.4, 0.5) is 4.39 Å². The van der Waals surface area contributed by atoms with Gasteiger partial charge in [0.2, 0.25) is 0 Å². The minimum Gasteiger partial charge on any atom is -0.484 e. The zero-order chi connectivity index (χ0) is 12.7. The van der Waals surface area contributed by atoms with Crippen LogP contribution in [0.25, 0.3) is 0 Å². The van der Waals surface area contributed by atoms with Crippen LogP contribution in [-0.2, 0) is 7.05 Å². The van der Waals surface area contributed by atoms with Crippen LogP contribution in [0.5, 0.6) is 5.75 Å². The molecule has 0 aliphatic carbocycles. The van der Waals surface area contributed by atoms with Gasteiger partial charge in [0.15, 0.2) is 0 Å². The summed E-state index contributed by atoms with van der Waals surface area (Å²) in [6.07, 6.45) is 3.95. The number of hydrogen-bond donors (Lipinski definition) is 1. The number of hydrogen-bond acceptors (Lipinski definition) is 3. The van der Waals surface area contributed by atoms with Crippen molar-refractivity contribution in [2.45, 2.75) is 18.6 Å². The SMILES string of the molecule is Cn1cncc1C1C[C@@H](N)c2ccc(F)cc2O1. The van der Waals surface area contributed by atoms with Gasteiger partial charge in [-0.05, 0) is 6.07 Å². The number of aromatic nitrogens is 2. The summed E-state index contributed by atoms with van der Waals surface area (Å²) in [7, 11) is 1.90. The quantitative estimate of drug-likeness (QED) is 0.839. The van der Waals surface area contributed by atoms with E-state index in [0.717, 1.165) is 11.3 Å². The molecule has 0 saturated heterocycles. The van der Waals surface area contributed by atoms with Gasteiger partial charge in [-0.15, -0.1) is 0 Å². The summed E-state index contributed by atoms with van der Waals surface area (Å²) in [4.78, 5) is 4.06. The molecule has 2 atom stereocenters. The van der Waals surface area contributed by atoms with E-state index in [1.54, 1.807) is 18.6 Å². The Morgan fingerprint density at radius 3 is 3.06 bits per heavy atom. The van der Waals surface area contributed by atoms with E-state index in [1.165, 1.54) is 12.1 Å². The minimum atomic E-state index is -0.313. The van der Waals surface area contributed by atoms with E-state index < -0.39 is 0 Å². The Bertz CT molecular complexity index is 581. The standard InChI is InChI=1S/C13H14FN3O/c1-17-7-16-6-11(17)13-5-10(15)9-3-2-8(14)4-12(9)18-13/h2-4,6-7,10,13H,5,15H2,1H3/t10-,13?/m1/s1. The normalized spacial score (nSPS) is 22.4. The second kappa shape index (κ2) is 4.10. The van der Waals surface area contributed by atoms with Gasteiger partial charge in [-0.25, -0.2) is 9.37 Å². The van der Waals surface area contributed by atoms with Crippen molar-refractivity contribution in [3.63, 3.8) is 0 Å². The first-order valence-corrected chi connectivity index (χ1v) is 5.83. The smallest absolute Gasteiger partial charge is 0.142 e. The lowest BCUT2D eigenvalue weighted by atomic mass is 9.96. The van der Waals surface area contributed by atoms with Crippen LogP contribution in [0.15, 0.2) is 30.7 Å². The largest absolute Gasteiger partial charge is 0.484 e. The minimum absolute atomic E-state index is 0.144. The lowest BCUT2D eigenvalue weighted by molar-refractivity contribution is 0.153. The Balaban J connectivity index is 1.98. The molecule has 0 radical (unpaired) electrons. The molecule has 2 aromatic rings. The monoisotopic (exact) mass is 247 g/mol. The van der Waals surface area contributed by atoms with Crippen molar-refractivity contribution in [1.29, 1.82) is 0 Å². The second-order valence-corrected chi connectivity index (χ2v) is 4.56. The van der Waals surface area contributed by atoms with Crippen molar-refractivity contribution in [1.82, 2.24) is 9.55 Å². The summed E-state index contributed by atoms with van der Waals surface area (Å²) in [5.74, 6) is 0.214. The fourth-order valence-corrected chi connectivity index (χ4v) is 2.33. The Kier molecular flexibility index (Phi) is 2.56. The maximum Gasteiger partial charge on any atom is 0.142 e. The number of ether oxygens (including phenoxy) is 1. The van der Waals surface area contributed by atoms with Crippen LogP contribution in [0.3, 0.4) is 0 Å². The molecule has 5 heteroatoms. The van der Waals surface area contributed by atoms with E-state index in [-0.39, 0.29) is 18.0 Å². The Morgan fingerprint density at radius 1 is 1.50 bits per heavy atom. The topological polar surface area (TPSA) is 53.1 Å². The van der Waals surface area contributed by atoms with Crippen molar-refractivity contribution in [2.24, 2.45) is 12.8 Å². The van der Waals surface area contributed by atoms with E-state index in [0.29, 0.717) is 12.2 Å². The van der Waals surface area contributed by atoms with Crippen LogP contribution < -0.4 is 10.5 Å². The van der Waals surface area contributed by atoms with Crippen molar-refractivity contribution >= 4 is 0 Å². The number of benzene rings is 1. The Morgan fingerprint density at radius 2 is 2.33 bits per heavy atom. The Labute approximate surface area is 104 Å². The highest BCUT2D eigenvalue weighted by Crippen LogP contribution is 2.39. The average Bonchev–Trinajstić information content (AvgIpc) is 2.74. The molecule has 0 bridgehead atoms. The lowest BCUT2D eigenvalue weighted by Crippen LogP contribution is -2.25. The summed E-state index contributed by atoms with van der Waals surface area (Å²) in [5.41, 5.74) is 7.91. The first kappa shape index (κ1) is 11.2. The van der Waals surface area contributed by atoms with Gasteiger partial charge in [0.1, 0.15) is 17.7 Å². The van der Waals surface area contributed by atoms with Gasteiger partial charge in [0, 0.05) is 31.1 Å². The van der Waals surface area contributed by atoms with Gasteiger partial charge < -0.3 is 15.0 Å². The number of fused-ring (bicyclic) bond motifs is 1. The molecule has 2 N–H and O–H groups in total. The van der Waals surface area contributed by atoms with E-state index >= 15 is 0 Å². The van der Waals surface area contributed by atoms with Crippen molar-refractivity contribution < 1.29 is 9.13 Å². The number of imidazole rings is 1. The summed E-state index contributed by atoms with van der Waals surface area (Å²) < 4.78 is 21.0. The van der Waals surface area contributed by atoms with Crippen molar-refractivity contribution in [2.75, 3.05) is 0 Å². The van der Waals surface area contributed by atoms with E-state index in [9.17, 15) is 4.39 Å². The molecule has 1 aliphatic heterocycles.